The van der Waals surface area contributed by atoms with Gasteiger partial charge in [0.15, 0.2) is 5.82 Å². The highest BCUT2D eigenvalue weighted by Gasteiger charge is 2.11. The van der Waals surface area contributed by atoms with E-state index in [1.54, 1.807) is 25.3 Å². The topological polar surface area (TPSA) is 70.1 Å². The van der Waals surface area contributed by atoms with Gasteiger partial charge in [-0.3, -0.25) is 4.79 Å². The molecule has 0 amide bonds. The molecule has 2 N–H and O–H groups in total. The van der Waals surface area contributed by atoms with Crippen molar-refractivity contribution in [1.29, 1.82) is 0 Å². The van der Waals surface area contributed by atoms with E-state index in [-0.39, 0.29) is 5.56 Å². The molecule has 5 nitrogen and oxygen atoms in total. The Bertz CT molecular complexity index is 826. The third-order valence-electron chi connectivity index (χ3n) is 3.14. The standard InChI is InChI=1S/C15H13N3O2/c1-20-11-7-8-12-13(9-11)17-14(18(16)15(12)19)10-5-3-2-4-6-10/h2-9H,16H2,1H3. The van der Waals surface area contributed by atoms with Crippen LogP contribution in [-0.2, 0) is 0 Å². The Morgan fingerprint density at radius 2 is 1.90 bits per heavy atom. The van der Waals surface area contributed by atoms with Gasteiger partial charge in [-0.15, -0.1) is 0 Å². The average Bonchev–Trinajstić information content (AvgIpc) is 2.51. The monoisotopic (exact) mass is 267 g/mol. The molecule has 0 aliphatic heterocycles. The summed E-state index contributed by atoms with van der Waals surface area (Å²) in [6.07, 6.45) is 0. The van der Waals surface area contributed by atoms with Crippen LogP contribution in [0.4, 0.5) is 0 Å². The van der Waals surface area contributed by atoms with Crippen LogP contribution < -0.4 is 16.1 Å². The summed E-state index contributed by atoms with van der Waals surface area (Å²) in [5, 5.41) is 0.466. The summed E-state index contributed by atoms with van der Waals surface area (Å²) in [6, 6.07) is 14.5. The number of nitrogens with two attached hydrogens (primary N) is 1. The van der Waals surface area contributed by atoms with Crippen molar-refractivity contribution in [2.75, 3.05) is 13.0 Å². The van der Waals surface area contributed by atoms with Gasteiger partial charge in [-0.2, -0.15) is 0 Å². The molecule has 0 aliphatic carbocycles. The smallest absolute Gasteiger partial charge is 0.280 e. The minimum absolute atomic E-state index is 0.281. The lowest BCUT2D eigenvalue weighted by Gasteiger charge is -2.09. The predicted molar refractivity (Wildman–Crippen MR) is 78.1 cm³/mol. The van der Waals surface area contributed by atoms with Crippen molar-refractivity contribution in [3.05, 3.63) is 58.9 Å². The molecule has 0 saturated carbocycles. The van der Waals surface area contributed by atoms with Gasteiger partial charge in [-0.25, -0.2) is 9.66 Å². The van der Waals surface area contributed by atoms with Gasteiger partial charge in [0.25, 0.3) is 5.56 Å². The molecule has 0 fully saturated rings. The average molecular weight is 267 g/mol. The third-order valence-corrected chi connectivity index (χ3v) is 3.14. The van der Waals surface area contributed by atoms with Gasteiger partial charge in [-0.1, -0.05) is 30.3 Å². The van der Waals surface area contributed by atoms with Crippen molar-refractivity contribution in [3.8, 4) is 17.1 Å². The molecular formula is C15H13N3O2. The summed E-state index contributed by atoms with van der Waals surface area (Å²) in [5.74, 6) is 6.94. The number of ether oxygens (including phenoxy) is 1. The first-order chi connectivity index (χ1) is 9.70. The summed E-state index contributed by atoms with van der Waals surface area (Å²) < 4.78 is 6.23. The van der Waals surface area contributed by atoms with E-state index in [4.69, 9.17) is 10.6 Å². The second-order valence-electron chi connectivity index (χ2n) is 4.36. The van der Waals surface area contributed by atoms with E-state index < -0.39 is 0 Å². The van der Waals surface area contributed by atoms with E-state index in [2.05, 4.69) is 4.98 Å². The fourth-order valence-corrected chi connectivity index (χ4v) is 2.10. The van der Waals surface area contributed by atoms with Crippen LogP contribution >= 0.6 is 0 Å². The van der Waals surface area contributed by atoms with Crippen LogP contribution in [0.2, 0.25) is 0 Å². The normalized spacial score (nSPS) is 10.7. The predicted octanol–water partition coefficient (Wildman–Crippen LogP) is 1.79. The minimum atomic E-state index is -0.281. The Morgan fingerprint density at radius 3 is 2.60 bits per heavy atom. The Balaban J connectivity index is 2.34. The first-order valence-electron chi connectivity index (χ1n) is 6.12. The molecular weight excluding hydrogens is 254 g/mol. The van der Waals surface area contributed by atoms with Crippen molar-refractivity contribution in [3.63, 3.8) is 0 Å². The van der Waals surface area contributed by atoms with Gasteiger partial charge < -0.3 is 10.6 Å². The lowest BCUT2D eigenvalue weighted by molar-refractivity contribution is 0.415. The first kappa shape index (κ1) is 12.2. The van der Waals surface area contributed by atoms with Gasteiger partial charge in [0.2, 0.25) is 0 Å². The third kappa shape index (κ3) is 1.89. The summed E-state index contributed by atoms with van der Waals surface area (Å²) >= 11 is 0. The van der Waals surface area contributed by atoms with Crippen LogP contribution in [0, 0.1) is 0 Å². The van der Waals surface area contributed by atoms with Gasteiger partial charge in [0, 0.05) is 11.6 Å². The van der Waals surface area contributed by atoms with E-state index in [1.807, 2.05) is 30.3 Å². The first-order valence-corrected chi connectivity index (χ1v) is 6.12. The fourth-order valence-electron chi connectivity index (χ4n) is 2.10. The van der Waals surface area contributed by atoms with Crippen molar-refractivity contribution < 1.29 is 4.74 Å². The van der Waals surface area contributed by atoms with E-state index in [1.165, 1.54) is 0 Å². The zero-order chi connectivity index (χ0) is 14.1. The number of fused-ring (bicyclic) bond motifs is 1. The number of rotatable bonds is 2. The maximum Gasteiger partial charge on any atom is 0.280 e. The molecule has 100 valence electrons. The second-order valence-corrected chi connectivity index (χ2v) is 4.36. The molecule has 0 unspecified atom stereocenters. The Labute approximate surface area is 115 Å². The largest absolute Gasteiger partial charge is 0.497 e. The second kappa shape index (κ2) is 4.70. The van der Waals surface area contributed by atoms with E-state index in [0.717, 1.165) is 10.2 Å². The number of nitrogens with zero attached hydrogens (tertiary/aromatic N) is 2. The molecule has 2 aromatic carbocycles. The maximum atomic E-state index is 12.3. The number of methoxy groups -OCH3 is 1. The Morgan fingerprint density at radius 1 is 1.15 bits per heavy atom. The van der Waals surface area contributed by atoms with Gasteiger partial charge in [0.05, 0.1) is 18.0 Å². The van der Waals surface area contributed by atoms with Crippen molar-refractivity contribution in [2.45, 2.75) is 0 Å². The molecule has 0 atom stereocenters. The summed E-state index contributed by atoms with van der Waals surface area (Å²) in [6.45, 7) is 0. The number of hydrogen-bond acceptors (Lipinski definition) is 4. The lowest BCUT2D eigenvalue weighted by atomic mass is 10.2. The number of aromatic nitrogens is 2. The highest BCUT2D eigenvalue weighted by molar-refractivity contribution is 5.81. The molecule has 1 heterocycles. The van der Waals surface area contributed by atoms with Crippen LogP contribution in [0.3, 0.4) is 0 Å². The molecule has 0 saturated heterocycles. The summed E-state index contributed by atoms with van der Waals surface area (Å²) in [4.78, 5) is 16.8. The van der Waals surface area contributed by atoms with Crippen molar-refractivity contribution >= 4 is 10.9 Å². The Kier molecular flexibility index (Phi) is 2.87. The molecule has 0 bridgehead atoms. The quantitative estimate of drug-likeness (QED) is 0.719. The van der Waals surface area contributed by atoms with Gasteiger partial charge in [-0.05, 0) is 12.1 Å². The Hall–Kier alpha value is -2.82. The van der Waals surface area contributed by atoms with E-state index in [0.29, 0.717) is 22.5 Å². The molecule has 0 spiro atoms. The van der Waals surface area contributed by atoms with E-state index >= 15 is 0 Å². The van der Waals surface area contributed by atoms with Crippen LogP contribution in [0.1, 0.15) is 0 Å². The summed E-state index contributed by atoms with van der Waals surface area (Å²) in [5.41, 5.74) is 1.07. The van der Waals surface area contributed by atoms with Gasteiger partial charge >= 0.3 is 0 Å². The highest BCUT2D eigenvalue weighted by atomic mass is 16.5. The van der Waals surface area contributed by atoms with Gasteiger partial charge in [0.1, 0.15) is 5.75 Å². The zero-order valence-electron chi connectivity index (χ0n) is 10.9. The molecule has 0 radical (unpaired) electrons. The molecule has 20 heavy (non-hydrogen) atoms. The van der Waals surface area contributed by atoms with E-state index in [9.17, 15) is 4.79 Å². The summed E-state index contributed by atoms with van der Waals surface area (Å²) in [7, 11) is 1.57. The number of nitrogen functional groups attached to an aromatic ring is 1. The number of hydrogen-bond donors (Lipinski definition) is 1. The SMILES string of the molecule is COc1ccc2c(=O)n(N)c(-c3ccccc3)nc2c1. The maximum absolute atomic E-state index is 12.3. The molecule has 5 heteroatoms. The lowest BCUT2D eigenvalue weighted by Crippen LogP contribution is -2.29. The van der Waals surface area contributed by atoms with Crippen LogP contribution in [0.25, 0.3) is 22.3 Å². The zero-order valence-corrected chi connectivity index (χ0v) is 10.9. The fraction of sp³-hybridized carbons (Fsp3) is 0.0667. The molecule has 0 aliphatic rings. The molecule has 3 aromatic rings. The van der Waals surface area contributed by atoms with Crippen LogP contribution in [0.5, 0.6) is 5.75 Å². The highest BCUT2D eigenvalue weighted by Crippen LogP contribution is 2.20. The van der Waals surface area contributed by atoms with Crippen LogP contribution in [0.15, 0.2) is 53.3 Å². The molecule has 1 aromatic heterocycles. The van der Waals surface area contributed by atoms with Crippen molar-refractivity contribution in [2.24, 2.45) is 0 Å². The number of benzene rings is 2. The molecule has 3 rings (SSSR count). The van der Waals surface area contributed by atoms with Crippen LogP contribution in [-0.4, -0.2) is 16.8 Å². The minimum Gasteiger partial charge on any atom is -0.497 e. The van der Waals surface area contributed by atoms with Crippen molar-refractivity contribution in [1.82, 2.24) is 9.66 Å².